The highest BCUT2D eigenvalue weighted by atomic mass is 35.5. The molecule has 0 unspecified atom stereocenters. The molecule has 0 bridgehead atoms. The summed E-state index contributed by atoms with van der Waals surface area (Å²) in [6, 6.07) is 7.65. The molecule has 1 aliphatic rings. The normalized spacial score (nSPS) is 29.0. The third kappa shape index (κ3) is 2.24. The van der Waals surface area contributed by atoms with Gasteiger partial charge in [-0.2, -0.15) is 0 Å². The van der Waals surface area contributed by atoms with Crippen molar-refractivity contribution in [2.45, 2.75) is 33.2 Å². The molecule has 1 aliphatic heterocycles. The van der Waals surface area contributed by atoms with Gasteiger partial charge in [0.15, 0.2) is 6.29 Å². The largest absolute Gasteiger partial charge is 0.348 e. The van der Waals surface area contributed by atoms with Crippen molar-refractivity contribution in [3.05, 3.63) is 34.9 Å². The maximum atomic E-state index is 6.12. The van der Waals surface area contributed by atoms with Crippen LogP contribution >= 0.6 is 11.6 Å². The van der Waals surface area contributed by atoms with Crippen LogP contribution in [0.25, 0.3) is 0 Å². The maximum Gasteiger partial charge on any atom is 0.185 e. The highest BCUT2D eigenvalue weighted by Gasteiger charge is 2.36. The molecule has 0 saturated carbocycles. The average Bonchev–Trinajstić information content (AvgIpc) is 2.23. The topological polar surface area (TPSA) is 18.5 Å². The van der Waals surface area contributed by atoms with Crippen LogP contribution in [0.5, 0.6) is 0 Å². The molecule has 0 aliphatic carbocycles. The molecule has 1 heterocycles. The van der Waals surface area contributed by atoms with Crippen molar-refractivity contribution in [3.8, 4) is 0 Å². The smallest absolute Gasteiger partial charge is 0.185 e. The van der Waals surface area contributed by atoms with E-state index in [9.17, 15) is 0 Å². The summed E-state index contributed by atoms with van der Waals surface area (Å²) < 4.78 is 11.6. The van der Waals surface area contributed by atoms with Crippen LogP contribution in [-0.2, 0) is 9.47 Å². The van der Waals surface area contributed by atoms with Gasteiger partial charge in [0, 0.05) is 16.0 Å². The fourth-order valence-corrected chi connectivity index (χ4v) is 1.87. The summed E-state index contributed by atoms with van der Waals surface area (Å²) >= 11 is 6.12. The molecule has 16 heavy (non-hydrogen) atoms. The van der Waals surface area contributed by atoms with Crippen LogP contribution in [0.15, 0.2) is 24.3 Å². The average molecular weight is 241 g/mol. The van der Waals surface area contributed by atoms with Crippen LogP contribution in [0, 0.1) is 5.41 Å². The lowest BCUT2D eigenvalue weighted by molar-refractivity contribution is -0.259. The Morgan fingerprint density at radius 2 is 2.00 bits per heavy atom. The predicted molar refractivity (Wildman–Crippen MR) is 64.5 cm³/mol. The van der Waals surface area contributed by atoms with E-state index in [1.807, 2.05) is 24.3 Å². The Morgan fingerprint density at radius 1 is 1.31 bits per heavy atom. The fourth-order valence-electron chi connectivity index (χ4n) is 1.65. The summed E-state index contributed by atoms with van der Waals surface area (Å²) in [5, 5.41) is 0.694. The van der Waals surface area contributed by atoms with E-state index < -0.39 is 0 Å². The van der Waals surface area contributed by atoms with Gasteiger partial charge in [-0.05, 0) is 13.0 Å². The molecule has 0 N–H and O–H groups in total. The quantitative estimate of drug-likeness (QED) is 0.743. The van der Waals surface area contributed by atoms with E-state index >= 15 is 0 Å². The molecule has 3 heteroatoms. The summed E-state index contributed by atoms with van der Waals surface area (Å²) in [4.78, 5) is 0. The standard InChI is InChI=1S/C13H17ClO2/c1-9-13(2,3)8-15-12(16-9)10-6-4-5-7-11(10)14/h4-7,9,12H,8H2,1-3H3/t9-,12-/m1/s1. The summed E-state index contributed by atoms with van der Waals surface area (Å²) in [6.07, 6.45) is -0.181. The molecule has 1 saturated heterocycles. The molecular formula is C13H17ClO2. The van der Waals surface area contributed by atoms with Crippen LogP contribution < -0.4 is 0 Å². The predicted octanol–water partition coefficient (Wildman–Crippen LogP) is 3.80. The van der Waals surface area contributed by atoms with Crippen molar-refractivity contribution < 1.29 is 9.47 Å². The Morgan fingerprint density at radius 3 is 2.62 bits per heavy atom. The van der Waals surface area contributed by atoms with Gasteiger partial charge in [-0.15, -0.1) is 0 Å². The van der Waals surface area contributed by atoms with Crippen molar-refractivity contribution in [2.24, 2.45) is 5.41 Å². The van der Waals surface area contributed by atoms with Gasteiger partial charge >= 0.3 is 0 Å². The Hall–Kier alpha value is -0.570. The highest BCUT2D eigenvalue weighted by Crippen LogP contribution is 2.37. The third-order valence-corrected chi connectivity index (χ3v) is 3.54. The Labute approximate surface area is 102 Å². The lowest BCUT2D eigenvalue weighted by Gasteiger charge is -2.40. The lowest BCUT2D eigenvalue weighted by atomic mass is 9.87. The molecule has 0 spiro atoms. The molecule has 0 amide bonds. The zero-order valence-corrected chi connectivity index (χ0v) is 10.6. The summed E-state index contributed by atoms with van der Waals surface area (Å²) in [6.45, 7) is 7.04. The monoisotopic (exact) mass is 240 g/mol. The van der Waals surface area contributed by atoms with Crippen LogP contribution in [0.4, 0.5) is 0 Å². The minimum Gasteiger partial charge on any atom is -0.348 e. The first kappa shape index (κ1) is 11.9. The minimum absolute atomic E-state index is 0.0533. The number of hydrogen-bond donors (Lipinski definition) is 0. The SMILES string of the molecule is C[C@H]1O[C@H](c2ccccc2Cl)OCC1(C)C. The van der Waals surface area contributed by atoms with Crippen molar-refractivity contribution >= 4 is 11.6 Å². The lowest BCUT2D eigenvalue weighted by Crippen LogP contribution is -2.40. The molecule has 1 aromatic carbocycles. The maximum absolute atomic E-state index is 6.12. The van der Waals surface area contributed by atoms with E-state index in [0.29, 0.717) is 11.6 Å². The Balaban J connectivity index is 2.17. The van der Waals surface area contributed by atoms with Gasteiger partial charge in [0.2, 0.25) is 0 Å². The van der Waals surface area contributed by atoms with E-state index in [0.717, 1.165) is 5.56 Å². The fraction of sp³-hybridized carbons (Fsp3) is 0.538. The second kappa shape index (κ2) is 4.36. The van der Waals surface area contributed by atoms with Gasteiger partial charge in [0.05, 0.1) is 12.7 Å². The Kier molecular flexibility index (Phi) is 3.24. The van der Waals surface area contributed by atoms with E-state index in [-0.39, 0.29) is 17.8 Å². The number of benzene rings is 1. The van der Waals surface area contributed by atoms with Gasteiger partial charge in [-0.1, -0.05) is 43.6 Å². The molecule has 1 fully saturated rings. The highest BCUT2D eigenvalue weighted by molar-refractivity contribution is 6.31. The van der Waals surface area contributed by atoms with Gasteiger partial charge in [-0.3, -0.25) is 0 Å². The molecule has 2 rings (SSSR count). The van der Waals surface area contributed by atoms with Crippen LogP contribution in [0.3, 0.4) is 0 Å². The second-order valence-electron chi connectivity index (χ2n) is 4.93. The van der Waals surface area contributed by atoms with Gasteiger partial charge in [0.1, 0.15) is 0 Å². The first-order valence-electron chi connectivity index (χ1n) is 5.52. The van der Waals surface area contributed by atoms with Crippen molar-refractivity contribution in [2.75, 3.05) is 6.61 Å². The molecule has 0 radical (unpaired) electrons. The van der Waals surface area contributed by atoms with E-state index in [1.54, 1.807) is 0 Å². The van der Waals surface area contributed by atoms with Crippen LogP contribution in [0.1, 0.15) is 32.6 Å². The summed E-state index contributed by atoms with van der Waals surface area (Å²) in [7, 11) is 0. The zero-order valence-electron chi connectivity index (χ0n) is 9.87. The number of hydrogen-bond acceptors (Lipinski definition) is 2. The van der Waals surface area contributed by atoms with E-state index in [1.165, 1.54) is 0 Å². The molecule has 2 atom stereocenters. The van der Waals surface area contributed by atoms with Gasteiger partial charge < -0.3 is 9.47 Å². The number of halogens is 1. The third-order valence-electron chi connectivity index (χ3n) is 3.19. The first-order valence-corrected chi connectivity index (χ1v) is 5.90. The number of ether oxygens (including phenoxy) is 2. The molecule has 1 aromatic rings. The van der Waals surface area contributed by atoms with Crippen molar-refractivity contribution in [1.82, 2.24) is 0 Å². The van der Waals surface area contributed by atoms with Crippen molar-refractivity contribution in [1.29, 1.82) is 0 Å². The van der Waals surface area contributed by atoms with Crippen molar-refractivity contribution in [3.63, 3.8) is 0 Å². The molecule has 0 aromatic heterocycles. The molecule has 88 valence electrons. The molecule has 2 nitrogen and oxygen atoms in total. The number of rotatable bonds is 1. The van der Waals surface area contributed by atoms with E-state index in [2.05, 4.69) is 20.8 Å². The first-order chi connectivity index (χ1) is 7.50. The Bertz CT molecular complexity index is 376. The van der Waals surface area contributed by atoms with Gasteiger partial charge in [-0.25, -0.2) is 0 Å². The minimum atomic E-state index is -0.336. The zero-order chi connectivity index (χ0) is 11.8. The summed E-state index contributed by atoms with van der Waals surface area (Å²) in [5.41, 5.74) is 0.962. The van der Waals surface area contributed by atoms with Gasteiger partial charge in [0.25, 0.3) is 0 Å². The second-order valence-corrected chi connectivity index (χ2v) is 5.34. The summed E-state index contributed by atoms with van der Waals surface area (Å²) in [5.74, 6) is 0. The van der Waals surface area contributed by atoms with Crippen LogP contribution in [-0.4, -0.2) is 12.7 Å². The van der Waals surface area contributed by atoms with Crippen LogP contribution in [0.2, 0.25) is 5.02 Å². The van der Waals surface area contributed by atoms with E-state index in [4.69, 9.17) is 21.1 Å². The molecular weight excluding hydrogens is 224 g/mol.